The molecule has 1 aromatic rings. The van der Waals surface area contributed by atoms with Gasteiger partial charge in [-0.15, -0.1) is 12.4 Å². The molecule has 2 unspecified atom stereocenters. The van der Waals surface area contributed by atoms with Crippen molar-refractivity contribution >= 4 is 30.3 Å². The number of ether oxygens (including phenoxy) is 1. The Labute approximate surface area is 164 Å². The van der Waals surface area contributed by atoms with Crippen molar-refractivity contribution in [2.45, 2.75) is 25.4 Å². The highest BCUT2D eigenvalue weighted by molar-refractivity contribution is 6.09. The molecular weight excluding hydrogens is 372 g/mol. The molecule has 8 nitrogen and oxygen atoms in total. The lowest BCUT2D eigenvalue weighted by Gasteiger charge is -2.32. The van der Waals surface area contributed by atoms with Crippen LogP contribution in [0.15, 0.2) is 24.3 Å². The summed E-state index contributed by atoms with van der Waals surface area (Å²) >= 11 is 0. The van der Waals surface area contributed by atoms with Gasteiger partial charge in [0.05, 0.1) is 7.11 Å². The second-order valence-corrected chi connectivity index (χ2v) is 6.87. The standard InChI is InChI=1S/C18H24N4O4.ClH/c1-12-10-21(9-8-19-12)15(23)11-22-16(24)18(2,20-17(22)25)13-4-6-14(26-3)7-5-13;/h4-7,12,19H,8-11H2,1-3H3,(H,20,25);1H. The molecule has 2 saturated heterocycles. The second-order valence-electron chi connectivity index (χ2n) is 6.87. The molecule has 2 aliphatic heterocycles. The van der Waals surface area contributed by atoms with E-state index in [2.05, 4.69) is 10.6 Å². The van der Waals surface area contributed by atoms with Crippen molar-refractivity contribution in [2.24, 2.45) is 0 Å². The van der Waals surface area contributed by atoms with Crippen molar-refractivity contribution in [1.82, 2.24) is 20.4 Å². The first-order valence-corrected chi connectivity index (χ1v) is 8.65. The second kappa shape index (κ2) is 8.14. The number of urea groups is 1. The molecular formula is C18H25ClN4O4. The number of imide groups is 1. The van der Waals surface area contributed by atoms with E-state index in [9.17, 15) is 14.4 Å². The maximum Gasteiger partial charge on any atom is 0.325 e. The summed E-state index contributed by atoms with van der Waals surface area (Å²) in [6.07, 6.45) is 0. The lowest BCUT2D eigenvalue weighted by Crippen LogP contribution is -2.54. The number of hydrogen-bond acceptors (Lipinski definition) is 5. The van der Waals surface area contributed by atoms with Gasteiger partial charge in [0.1, 0.15) is 17.8 Å². The zero-order valence-electron chi connectivity index (χ0n) is 15.7. The Hall–Kier alpha value is -2.32. The Kier molecular flexibility index (Phi) is 6.33. The summed E-state index contributed by atoms with van der Waals surface area (Å²) < 4.78 is 5.12. The summed E-state index contributed by atoms with van der Waals surface area (Å²) in [5.41, 5.74) is -0.553. The van der Waals surface area contributed by atoms with E-state index in [-0.39, 0.29) is 30.9 Å². The lowest BCUT2D eigenvalue weighted by atomic mass is 9.92. The van der Waals surface area contributed by atoms with Crippen molar-refractivity contribution in [1.29, 1.82) is 0 Å². The van der Waals surface area contributed by atoms with E-state index >= 15 is 0 Å². The smallest absolute Gasteiger partial charge is 0.325 e. The first-order chi connectivity index (χ1) is 12.3. The minimum Gasteiger partial charge on any atom is -0.497 e. The van der Waals surface area contributed by atoms with E-state index in [1.165, 1.54) is 0 Å². The van der Waals surface area contributed by atoms with Gasteiger partial charge < -0.3 is 20.3 Å². The third kappa shape index (κ3) is 4.01. The number of nitrogens with zero attached hydrogens (tertiary/aromatic N) is 2. The maximum absolute atomic E-state index is 12.9. The zero-order chi connectivity index (χ0) is 18.9. The number of piperazine rings is 1. The number of benzene rings is 1. The van der Waals surface area contributed by atoms with Crippen LogP contribution < -0.4 is 15.4 Å². The molecule has 0 bridgehead atoms. The van der Waals surface area contributed by atoms with Crippen LogP contribution >= 0.6 is 12.4 Å². The molecule has 0 radical (unpaired) electrons. The molecule has 2 heterocycles. The fourth-order valence-corrected chi connectivity index (χ4v) is 3.35. The number of halogens is 1. The maximum atomic E-state index is 12.9. The van der Waals surface area contributed by atoms with Crippen molar-refractivity contribution < 1.29 is 19.1 Å². The molecule has 2 aliphatic rings. The molecule has 1 aromatic carbocycles. The molecule has 0 aromatic heterocycles. The minimum atomic E-state index is -1.19. The molecule has 3 rings (SSSR count). The molecule has 0 saturated carbocycles. The van der Waals surface area contributed by atoms with E-state index < -0.39 is 17.5 Å². The predicted molar refractivity (Wildman–Crippen MR) is 102 cm³/mol. The third-order valence-corrected chi connectivity index (χ3v) is 4.96. The van der Waals surface area contributed by atoms with E-state index in [1.54, 1.807) is 43.2 Å². The normalized spacial score (nSPS) is 25.1. The number of carbonyl (C=O) groups is 3. The average Bonchev–Trinajstić information content (AvgIpc) is 2.86. The predicted octanol–water partition coefficient (Wildman–Crippen LogP) is 0.704. The molecule has 2 fully saturated rings. The highest BCUT2D eigenvalue weighted by atomic mass is 35.5. The van der Waals surface area contributed by atoms with Crippen LogP contribution in [0.5, 0.6) is 5.75 Å². The van der Waals surface area contributed by atoms with Gasteiger partial charge in [-0.05, 0) is 31.5 Å². The quantitative estimate of drug-likeness (QED) is 0.731. The summed E-state index contributed by atoms with van der Waals surface area (Å²) in [6.45, 7) is 5.24. The molecule has 2 atom stereocenters. The molecule has 2 N–H and O–H groups in total. The Morgan fingerprint density at radius 3 is 2.56 bits per heavy atom. The van der Waals surface area contributed by atoms with Crippen LogP contribution in [0, 0.1) is 0 Å². The molecule has 0 spiro atoms. The summed E-state index contributed by atoms with van der Waals surface area (Å²) in [5, 5.41) is 5.97. The van der Waals surface area contributed by atoms with Crippen LogP contribution in [0.3, 0.4) is 0 Å². The Morgan fingerprint density at radius 1 is 1.30 bits per heavy atom. The van der Waals surface area contributed by atoms with Crippen LogP contribution in [0.1, 0.15) is 19.4 Å². The van der Waals surface area contributed by atoms with E-state index in [0.29, 0.717) is 30.9 Å². The van der Waals surface area contributed by atoms with Gasteiger partial charge in [0.2, 0.25) is 5.91 Å². The average molecular weight is 397 g/mol. The number of methoxy groups -OCH3 is 1. The van der Waals surface area contributed by atoms with E-state index in [4.69, 9.17) is 4.74 Å². The van der Waals surface area contributed by atoms with Gasteiger partial charge in [-0.1, -0.05) is 12.1 Å². The van der Waals surface area contributed by atoms with Crippen molar-refractivity contribution in [3.63, 3.8) is 0 Å². The molecule has 27 heavy (non-hydrogen) atoms. The first kappa shape index (κ1) is 21.0. The van der Waals surface area contributed by atoms with Gasteiger partial charge >= 0.3 is 6.03 Å². The van der Waals surface area contributed by atoms with Crippen molar-refractivity contribution in [3.8, 4) is 5.75 Å². The fourth-order valence-electron chi connectivity index (χ4n) is 3.35. The van der Waals surface area contributed by atoms with Crippen LogP contribution in [-0.2, 0) is 15.1 Å². The zero-order valence-corrected chi connectivity index (χ0v) is 16.5. The summed E-state index contributed by atoms with van der Waals surface area (Å²) in [5.74, 6) is 0.0130. The van der Waals surface area contributed by atoms with Crippen LogP contribution in [0.25, 0.3) is 0 Å². The highest BCUT2D eigenvalue weighted by Gasteiger charge is 2.49. The third-order valence-electron chi connectivity index (χ3n) is 4.96. The van der Waals surface area contributed by atoms with Crippen LogP contribution in [0.2, 0.25) is 0 Å². The van der Waals surface area contributed by atoms with Gasteiger partial charge in [-0.3, -0.25) is 14.5 Å². The van der Waals surface area contributed by atoms with Crippen molar-refractivity contribution in [2.75, 3.05) is 33.3 Å². The molecule has 148 valence electrons. The summed E-state index contributed by atoms with van der Waals surface area (Å²) in [4.78, 5) is 40.5. The number of amides is 4. The number of rotatable bonds is 4. The van der Waals surface area contributed by atoms with E-state index in [1.807, 2.05) is 6.92 Å². The number of carbonyl (C=O) groups excluding carboxylic acids is 3. The Bertz CT molecular complexity index is 727. The van der Waals surface area contributed by atoms with Gasteiger partial charge in [-0.2, -0.15) is 0 Å². The lowest BCUT2D eigenvalue weighted by molar-refractivity contribution is -0.139. The van der Waals surface area contributed by atoms with Crippen LogP contribution in [0.4, 0.5) is 4.79 Å². The highest BCUT2D eigenvalue weighted by Crippen LogP contribution is 2.30. The van der Waals surface area contributed by atoms with Gasteiger partial charge in [0, 0.05) is 25.7 Å². The number of hydrogen-bond donors (Lipinski definition) is 2. The van der Waals surface area contributed by atoms with Crippen molar-refractivity contribution in [3.05, 3.63) is 29.8 Å². The monoisotopic (exact) mass is 396 g/mol. The summed E-state index contributed by atoms with van der Waals surface area (Å²) in [7, 11) is 1.56. The Balaban J connectivity index is 0.00000261. The topological polar surface area (TPSA) is 91.0 Å². The summed E-state index contributed by atoms with van der Waals surface area (Å²) in [6, 6.07) is 6.58. The molecule has 9 heteroatoms. The SMILES string of the molecule is COc1ccc(C2(C)NC(=O)N(CC(=O)N3CCNC(C)C3)C2=O)cc1.Cl. The van der Waals surface area contributed by atoms with Gasteiger partial charge in [-0.25, -0.2) is 4.79 Å². The fraction of sp³-hybridized carbons (Fsp3) is 0.500. The van der Waals surface area contributed by atoms with Gasteiger partial charge in [0.15, 0.2) is 0 Å². The Morgan fingerprint density at radius 2 is 1.96 bits per heavy atom. The molecule has 4 amide bonds. The van der Waals surface area contributed by atoms with Gasteiger partial charge in [0.25, 0.3) is 5.91 Å². The van der Waals surface area contributed by atoms with E-state index in [0.717, 1.165) is 4.90 Å². The first-order valence-electron chi connectivity index (χ1n) is 8.65. The van der Waals surface area contributed by atoms with Crippen LogP contribution in [-0.4, -0.2) is 67.0 Å². The minimum absolute atomic E-state index is 0. The molecule has 0 aliphatic carbocycles. The number of nitrogens with one attached hydrogen (secondary N) is 2. The largest absolute Gasteiger partial charge is 0.497 e.